The molecule has 0 unspecified atom stereocenters. The topological polar surface area (TPSA) is 62.5 Å². The van der Waals surface area contributed by atoms with Crippen LogP contribution in [0.3, 0.4) is 0 Å². The first-order valence-electron chi connectivity index (χ1n) is 7.94. The van der Waals surface area contributed by atoms with Crippen LogP contribution in [0.4, 0.5) is 11.5 Å². The van der Waals surface area contributed by atoms with Crippen molar-refractivity contribution in [3.8, 4) is 0 Å². The molecule has 2 fully saturated rings. The fraction of sp³-hybridized carbons (Fsp3) is 0.667. The third-order valence-corrected chi connectivity index (χ3v) is 5.12. The predicted molar refractivity (Wildman–Crippen MR) is 89.3 cm³/mol. The van der Waals surface area contributed by atoms with Crippen molar-refractivity contribution in [2.24, 2.45) is 0 Å². The number of halogens is 1. The predicted octanol–water partition coefficient (Wildman–Crippen LogP) is 3.21. The van der Waals surface area contributed by atoms with Gasteiger partial charge >= 0.3 is 5.69 Å². The van der Waals surface area contributed by atoms with Crippen LogP contribution < -0.4 is 4.90 Å². The summed E-state index contributed by atoms with van der Waals surface area (Å²) in [6.07, 6.45) is 7.73. The van der Waals surface area contributed by atoms with Crippen molar-refractivity contribution in [1.29, 1.82) is 0 Å². The summed E-state index contributed by atoms with van der Waals surface area (Å²) in [6.45, 7) is 4.11. The monoisotopic (exact) mass is 368 g/mol. The van der Waals surface area contributed by atoms with Gasteiger partial charge in [-0.25, -0.2) is 4.98 Å². The molecule has 120 valence electrons. The Labute approximate surface area is 138 Å². The summed E-state index contributed by atoms with van der Waals surface area (Å²) in [7, 11) is 0. The largest absolute Gasteiger partial charge is 0.351 e. The van der Waals surface area contributed by atoms with E-state index in [1.807, 2.05) is 0 Å². The highest BCUT2D eigenvalue weighted by Crippen LogP contribution is 2.31. The first-order valence-corrected chi connectivity index (χ1v) is 8.73. The van der Waals surface area contributed by atoms with Crippen LogP contribution in [0.15, 0.2) is 16.7 Å². The van der Waals surface area contributed by atoms with Crippen LogP contribution in [0, 0.1) is 10.1 Å². The van der Waals surface area contributed by atoms with Crippen molar-refractivity contribution in [1.82, 2.24) is 9.88 Å². The molecule has 7 heteroatoms. The van der Waals surface area contributed by atoms with Crippen LogP contribution >= 0.6 is 15.9 Å². The second-order valence-electron chi connectivity index (χ2n) is 6.07. The SMILES string of the molecule is O=[N+]([O-])c1cc(Br)cnc1N1CCC(N2CCCCC2)CC1. The summed E-state index contributed by atoms with van der Waals surface area (Å²) < 4.78 is 0.645. The summed E-state index contributed by atoms with van der Waals surface area (Å²) in [5.74, 6) is 0.505. The van der Waals surface area contributed by atoms with Crippen molar-refractivity contribution in [2.75, 3.05) is 31.1 Å². The quantitative estimate of drug-likeness (QED) is 0.605. The van der Waals surface area contributed by atoms with E-state index >= 15 is 0 Å². The van der Waals surface area contributed by atoms with Gasteiger partial charge in [-0.3, -0.25) is 10.1 Å². The van der Waals surface area contributed by atoms with E-state index < -0.39 is 0 Å². The molecule has 0 spiro atoms. The number of nitro groups is 1. The molecule has 2 aliphatic heterocycles. The van der Waals surface area contributed by atoms with Crippen LogP contribution in [0.1, 0.15) is 32.1 Å². The highest BCUT2D eigenvalue weighted by Gasteiger charge is 2.29. The van der Waals surface area contributed by atoms with Gasteiger partial charge in [0.2, 0.25) is 5.82 Å². The Balaban J connectivity index is 1.67. The molecule has 0 saturated carbocycles. The minimum atomic E-state index is -0.343. The summed E-state index contributed by atoms with van der Waals surface area (Å²) in [5.41, 5.74) is 0.0887. The van der Waals surface area contributed by atoms with Gasteiger partial charge in [0.15, 0.2) is 0 Å². The van der Waals surface area contributed by atoms with E-state index in [-0.39, 0.29) is 10.6 Å². The van der Waals surface area contributed by atoms with Crippen LogP contribution in [0.2, 0.25) is 0 Å². The third-order valence-electron chi connectivity index (χ3n) is 4.68. The van der Waals surface area contributed by atoms with Crippen molar-refractivity contribution in [3.63, 3.8) is 0 Å². The van der Waals surface area contributed by atoms with Crippen molar-refractivity contribution >= 4 is 27.4 Å². The van der Waals surface area contributed by atoms with E-state index in [9.17, 15) is 10.1 Å². The number of nitrogens with zero attached hydrogens (tertiary/aromatic N) is 4. The first kappa shape index (κ1) is 15.7. The van der Waals surface area contributed by atoms with Gasteiger partial charge in [0.25, 0.3) is 0 Å². The number of hydrogen-bond acceptors (Lipinski definition) is 5. The van der Waals surface area contributed by atoms with Gasteiger partial charge in [-0.2, -0.15) is 0 Å². The minimum Gasteiger partial charge on any atom is -0.351 e. The summed E-state index contributed by atoms with van der Waals surface area (Å²) in [4.78, 5) is 19.8. The highest BCUT2D eigenvalue weighted by atomic mass is 79.9. The van der Waals surface area contributed by atoms with Crippen LogP contribution in [0.25, 0.3) is 0 Å². The molecular formula is C15H21BrN4O2. The Morgan fingerprint density at radius 1 is 1.18 bits per heavy atom. The molecule has 6 nitrogen and oxygen atoms in total. The second-order valence-corrected chi connectivity index (χ2v) is 6.98. The lowest BCUT2D eigenvalue weighted by molar-refractivity contribution is -0.384. The fourth-order valence-electron chi connectivity index (χ4n) is 3.53. The molecule has 0 amide bonds. The van der Waals surface area contributed by atoms with Crippen LogP contribution in [-0.4, -0.2) is 47.0 Å². The molecule has 2 saturated heterocycles. The third kappa shape index (κ3) is 3.41. The number of hydrogen-bond donors (Lipinski definition) is 0. The van der Waals surface area contributed by atoms with E-state index in [2.05, 4.69) is 30.7 Å². The molecule has 1 aromatic rings. The van der Waals surface area contributed by atoms with Crippen LogP contribution in [-0.2, 0) is 0 Å². The van der Waals surface area contributed by atoms with Gasteiger partial charge in [0, 0.05) is 35.9 Å². The molecule has 0 radical (unpaired) electrons. The molecule has 1 aromatic heterocycles. The van der Waals surface area contributed by atoms with E-state index in [4.69, 9.17) is 0 Å². The zero-order chi connectivity index (χ0) is 15.5. The number of pyridine rings is 1. The number of rotatable bonds is 3. The van der Waals surface area contributed by atoms with Crippen molar-refractivity contribution in [2.45, 2.75) is 38.1 Å². The Morgan fingerprint density at radius 3 is 2.50 bits per heavy atom. The van der Waals surface area contributed by atoms with Crippen LogP contribution in [0.5, 0.6) is 0 Å². The van der Waals surface area contributed by atoms with E-state index in [0.29, 0.717) is 16.3 Å². The summed E-state index contributed by atoms with van der Waals surface area (Å²) in [5, 5.41) is 11.2. The van der Waals surface area contributed by atoms with Crippen molar-refractivity contribution in [3.05, 3.63) is 26.9 Å². The lowest BCUT2D eigenvalue weighted by Gasteiger charge is -2.40. The number of anilines is 1. The minimum absolute atomic E-state index is 0.0887. The molecule has 0 aromatic carbocycles. The average molecular weight is 369 g/mol. The summed E-state index contributed by atoms with van der Waals surface area (Å²) >= 11 is 3.26. The van der Waals surface area contributed by atoms with E-state index in [1.54, 1.807) is 12.3 Å². The zero-order valence-electron chi connectivity index (χ0n) is 12.6. The Morgan fingerprint density at radius 2 is 1.86 bits per heavy atom. The van der Waals surface area contributed by atoms with Gasteiger partial charge in [-0.1, -0.05) is 6.42 Å². The molecule has 0 atom stereocenters. The molecule has 3 rings (SSSR count). The van der Waals surface area contributed by atoms with E-state index in [0.717, 1.165) is 25.9 Å². The number of piperidine rings is 2. The van der Waals surface area contributed by atoms with Gasteiger partial charge < -0.3 is 9.80 Å². The maximum atomic E-state index is 11.2. The highest BCUT2D eigenvalue weighted by molar-refractivity contribution is 9.10. The Hall–Kier alpha value is -1.21. The lowest BCUT2D eigenvalue weighted by Crippen LogP contribution is -2.47. The number of aromatic nitrogens is 1. The first-order chi connectivity index (χ1) is 10.6. The maximum absolute atomic E-state index is 11.2. The lowest BCUT2D eigenvalue weighted by atomic mass is 10.00. The molecule has 0 bridgehead atoms. The molecule has 0 aliphatic carbocycles. The van der Waals surface area contributed by atoms with Gasteiger partial charge in [-0.15, -0.1) is 0 Å². The smallest absolute Gasteiger partial charge is 0.312 e. The average Bonchev–Trinajstić information content (AvgIpc) is 2.56. The van der Waals surface area contributed by atoms with E-state index in [1.165, 1.54) is 32.4 Å². The van der Waals surface area contributed by atoms with Gasteiger partial charge in [-0.05, 0) is 54.7 Å². The van der Waals surface area contributed by atoms with Gasteiger partial charge in [0.1, 0.15) is 0 Å². The molecule has 22 heavy (non-hydrogen) atoms. The maximum Gasteiger partial charge on any atom is 0.312 e. The molecular weight excluding hydrogens is 348 g/mol. The fourth-order valence-corrected chi connectivity index (χ4v) is 3.84. The molecule has 3 heterocycles. The second kappa shape index (κ2) is 6.91. The Bertz CT molecular complexity index is 540. The zero-order valence-corrected chi connectivity index (χ0v) is 14.2. The Kier molecular flexibility index (Phi) is 4.93. The number of likely N-dealkylation sites (tertiary alicyclic amines) is 1. The normalized spacial score (nSPS) is 21.0. The summed E-state index contributed by atoms with van der Waals surface area (Å²) in [6, 6.07) is 2.17. The van der Waals surface area contributed by atoms with Crippen molar-refractivity contribution < 1.29 is 4.92 Å². The van der Waals surface area contributed by atoms with Gasteiger partial charge in [0.05, 0.1) is 4.92 Å². The standard InChI is InChI=1S/C15H21BrN4O2/c16-12-10-14(20(21)22)15(17-11-12)19-8-4-13(5-9-19)18-6-2-1-3-7-18/h10-11,13H,1-9H2. The molecule has 0 N–H and O–H groups in total. The molecule has 2 aliphatic rings.